The molecule has 0 atom stereocenters. The van der Waals surface area contributed by atoms with E-state index in [0.29, 0.717) is 0 Å². The molecule has 0 aliphatic heterocycles. The average Bonchev–Trinajstić information content (AvgIpc) is 3.98. The summed E-state index contributed by atoms with van der Waals surface area (Å²) in [7, 11) is 0. The summed E-state index contributed by atoms with van der Waals surface area (Å²) in [6.45, 7) is 0. The Bertz CT molecular complexity index is 3500. The van der Waals surface area contributed by atoms with Crippen molar-refractivity contribution < 1.29 is 8.83 Å². The fourth-order valence-electron chi connectivity index (χ4n) is 8.64. The summed E-state index contributed by atoms with van der Waals surface area (Å²) < 4.78 is 15.3. The number of nitrogens with zero attached hydrogens (tertiary/aromatic N) is 1. The Balaban J connectivity index is 0.931. The summed E-state index contributed by atoms with van der Waals surface area (Å²) in [5.41, 5.74) is 13.7. The Labute approximate surface area is 338 Å². The largest absolute Gasteiger partial charge is 0.456 e. The van der Waals surface area contributed by atoms with Crippen molar-refractivity contribution in [3.8, 4) is 33.4 Å². The molecule has 0 fully saturated rings. The Morgan fingerprint density at radius 3 is 1.71 bits per heavy atom. The van der Waals surface area contributed by atoms with E-state index in [1.54, 1.807) is 0 Å². The molecule has 0 saturated heterocycles. The lowest BCUT2D eigenvalue weighted by molar-refractivity contribution is 0.669. The molecule has 58 heavy (non-hydrogen) atoms. The highest BCUT2D eigenvalue weighted by atomic mass is 32.1. The smallest absolute Gasteiger partial charge is 0.143 e. The first-order valence-corrected chi connectivity index (χ1v) is 20.4. The second-order valence-corrected chi connectivity index (χ2v) is 16.0. The first-order chi connectivity index (χ1) is 28.7. The summed E-state index contributed by atoms with van der Waals surface area (Å²) in [6.07, 6.45) is 0. The molecule has 0 saturated carbocycles. The van der Waals surface area contributed by atoms with Crippen LogP contribution in [0.1, 0.15) is 0 Å². The lowest BCUT2D eigenvalue weighted by atomic mass is 10.00. The Kier molecular flexibility index (Phi) is 7.40. The Morgan fingerprint density at radius 2 is 0.897 bits per heavy atom. The van der Waals surface area contributed by atoms with Gasteiger partial charge in [0.1, 0.15) is 22.3 Å². The van der Waals surface area contributed by atoms with Crippen LogP contribution in [-0.2, 0) is 0 Å². The maximum atomic E-state index is 6.48. The van der Waals surface area contributed by atoms with Gasteiger partial charge in [0.15, 0.2) is 0 Å². The van der Waals surface area contributed by atoms with E-state index in [1.807, 2.05) is 29.5 Å². The molecular weight excluding hydrogens is 727 g/mol. The second-order valence-electron chi connectivity index (χ2n) is 14.9. The third-order valence-electron chi connectivity index (χ3n) is 11.5. The fourth-order valence-corrected chi connectivity index (χ4v) is 9.77. The zero-order valence-electron chi connectivity index (χ0n) is 31.2. The molecule has 9 aromatic carbocycles. The molecular formula is C54H33NO2S. The van der Waals surface area contributed by atoms with Gasteiger partial charge in [-0.25, -0.2) is 0 Å². The van der Waals surface area contributed by atoms with Gasteiger partial charge in [0.2, 0.25) is 0 Å². The summed E-state index contributed by atoms with van der Waals surface area (Å²) in [6, 6.07) is 71.5. The highest BCUT2D eigenvalue weighted by molar-refractivity contribution is 7.25. The predicted molar refractivity (Wildman–Crippen MR) is 245 cm³/mol. The Hall–Kier alpha value is -7.40. The number of hydrogen-bond acceptors (Lipinski definition) is 4. The molecule has 0 unspecified atom stereocenters. The van der Waals surface area contributed by atoms with Crippen molar-refractivity contribution >= 4 is 92.4 Å². The SMILES string of the molecule is c1ccc(-c2cccc3c2oc2ccc(-c4ccc(N(c5ccc(-c6ccc7c(c6)oc6ccccc67)cc5)c5ccc6c(c5)sc5ccccc56)cc4)cc23)cc1. The van der Waals surface area contributed by atoms with Crippen molar-refractivity contribution in [2.45, 2.75) is 0 Å². The highest BCUT2D eigenvalue weighted by Gasteiger charge is 2.17. The van der Waals surface area contributed by atoms with E-state index in [4.69, 9.17) is 8.83 Å². The summed E-state index contributed by atoms with van der Waals surface area (Å²) in [5, 5.41) is 7.11. The van der Waals surface area contributed by atoms with Gasteiger partial charge in [-0.1, -0.05) is 127 Å². The van der Waals surface area contributed by atoms with Crippen molar-refractivity contribution in [1.29, 1.82) is 0 Å². The first kappa shape index (κ1) is 32.8. The van der Waals surface area contributed by atoms with E-state index in [9.17, 15) is 0 Å². The van der Waals surface area contributed by atoms with Crippen molar-refractivity contribution in [3.05, 3.63) is 200 Å². The van der Waals surface area contributed by atoms with Crippen LogP contribution in [0.2, 0.25) is 0 Å². The summed E-state index contributed by atoms with van der Waals surface area (Å²) >= 11 is 1.84. The van der Waals surface area contributed by atoms with E-state index in [2.05, 4.69) is 187 Å². The van der Waals surface area contributed by atoms with Gasteiger partial charge in [0.05, 0.1) is 0 Å². The van der Waals surface area contributed by atoms with Crippen LogP contribution in [0.15, 0.2) is 209 Å². The Morgan fingerprint density at radius 1 is 0.310 bits per heavy atom. The lowest BCUT2D eigenvalue weighted by Gasteiger charge is -2.26. The standard InChI is InChI=1S/C54H33NO2S/c1-2-9-36(10-3-1)42-13-8-14-47-48-31-37(22-30-50(48)57-54(42)47)34-17-23-39(24-18-34)55(41-27-29-46-45-12-5-7-16-52(45)58-53(46)33-41)40-25-19-35(20-26-40)38-21-28-44-43-11-4-6-15-49(43)56-51(44)32-38/h1-33H. The normalized spacial score (nSPS) is 11.8. The van der Waals surface area contributed by atoms with Crippen LogP contribution in [-0.4, -0.2) is 0 Å². The minimum absolute atomic E-state index is 0.891. The quantitative estimate of drug-likeness (QED) is 0.169. The van der Waals surface area contributed by atoms with Gasteiger partial charge in [-0.15, -0.1) is 11.3 Å². The van der Waals surface area contributed by atoms with Gasteiger partial charge in [0.25, 0.3) is 0 Å². The van der Waals surface area contributed by atoms with Crippen LogP contribution in [0.4, 0.5) is 17.1 Å². The summed E-state index contributed by atoms with van der Waals surface area (Å²) in [4.78, 5) is 2.36. The number of furan rings is 2. The third-order valence-corrected chi connectivity index (χ3v) is 12.6. The first-order valence-electron chi connectivity index (χ1n) is 19.6. The zero-order chi connectivity index (χ0) is 38.2. The van der Waals surface area contributed by atoms with Gasteiger partial charge >= 0.3 is 0 Å². The molecule has 3 heterocycles. The highest BCUT2D eigenvalue weighted by Crippen LogP contribution is 2.43. The van der Waals surface area contributed by atoms with Crippen LogP contribution < -0.4 is 4.90 Å². The molecule has 4 heteroatoms. The predicted octanol–water partition coefficient (Wildman–Crippen LogP) is 16.3. The van der Waals surface area contributed by atoms with E-state index in [1.165, 1.54) is 20.2 Å². The number of anilines is 3. The molecule has 272 valence electrons. The maximum absolute atomic E-state index is 6.48. The third kappa shape index (κ3) is 5.34. The molecule has 0 amide bonds. The molecule has 0 aliphatic carbocycles. The molecule has 12 rings (SSSR count). The molecule has 3 nitrogen and oxygen atoms in total. The van der Waals surface area contributed by atoms with Gasteiger partial charge < -0.3 is 13.7 Å². The van der Waals surface area contributed by atoms with E-state index >= 15 is 0 Å². The number of hydrogen-bond donors (Lipinski definition) is 0. The number of para-hydroxylation sites is 2. The van der Waals surface area contributed by atoms with Gasteiger partial charge in [0, 0.05) is 64.3 Å². The molecule has 12 aromatic rings. The zero-order valence-corrected chi connectivity index (χ0v) is 32.0. The average molecular weight is 760 g/mol. The van der Waals surface area contributed by atoms with Crippen LogP contribution in [0.3, 0.4) is 0 Å². The molecule has 0 aliphatic rings. The lowest BCUT2D eigenvalue weighted by Crippen LogP contribution is -2.09. The molecule has 0 bridgehead atoms. The minimum atomic E-state index is 0.891. The van der Waals surface area contributed by atoms with Crippen molar-refractivity contribution in [3.63, 3.8) is 0 Å². The van der Waals surface area contributed by atoms with Crippen LogP contribution in [0.25, 0.3) is 97.4 Å². The number of benzene rings is 9. The fraction of sp³-hybridized carbons (Fsp3) is 0. The molecule has 3 aromatic heterocycles. The second kappa shape index (κ2) is 13.1. The number of fused-ring (bicyclic) bond motifs is 9. The monoisotopic (exact) mass is 759 g/mol. The van der Waals surface area contributed by atoms with Crippen molar-refractivity contribution in [2.24, 2.45) is 0 Å². The van der Waals surface area contributed by atoms with Gasteiger partial charge in [-0.2, -0.15) is 0 Å². The molecule has 0 spiro atoms. The van der Waals surface area contributed by atoms with Crippen molar-refractivity contribution in [2.75, 3.05) is 4.90 Å². The number of thiophene rings is 1. The summed E-state index contributed by atoms with van der Waals surface area (Å²) in [5.74, 6) is 0. The molecule has 0 radical (unpaired) electrons. The van der Waals surface area contributed by atoms with E-state index < -0.39 is 0 Å². The van der Waals surface area contributed by atoms with Gasteiger partial charge in [-0.3, -0.25) is 0 Å². The van der Waals surface area contributed by atoms with Gasteiger partial charge in [-0.05, 0) is 101 Å². The number of rotatable bonds is 6. The minimum Gasteiger partial charge on any atom is -0.456 e. The van der Waals surface area contributed by atoms with Crippen LogP contribution >= 0.6 is 11.3 Å². The van der Waals surface area contributed by atoms with Crippen LogP contribution in [0.5, 0.6) is 0 Å². The van der Waals surface area contributed by atoms with E-state index in [-0.39, 0.29) is 0 Å². The van der Waals surface area contributed by atoms with E-state index in [0.717, 1.165) is 94.3 Å². The topological polar surface area (TPSA) is 29.5 Å². The maximum Gasteiger partial charge on any atom is 0.143 e. The molecule has 0 N–H and O–H groups in total. The van der Waals surface area contributed by atoms with Crippen LogP contribution in [0, 0.1) is 0 Å². The van der Waals surface area contributed by atoms with Crippen molar-refractivity contribution in [1.82, 2.24) is 0 Å².